The highest BCUT2D eigenvalue weighted by Crippen LogP contribution is 2.28. The molecule has 4 rings (SSSR count). The lowest BCUT2D eigenvalue weighted by molar-refractivity contribution is 0.0735. The number of carbonyl (C=O) groups is 1. The summed E-state index contributed by atoms with van der Waals surface area (Å²) in [6.07, 6.45) is 1.86. The van der Waals surface area contributed by atoms with Crippen molar-refractivity contribution in [3.63, 3.8) is 0 Å². The molecule has 0 fully saturated rings. The third-order valence-corrected chi connectivity index (χ3v) is 5.19. The summed E-state index contributed by atoms with van der Waals surface area (Å²) < 4.78 is 25.2. The Hall–Kier alpha value is -2.80. The van der Waals surface area contributed by atoms with Gasteiger partial charge in [-0.15, -0.1) is 0 Å². The van der Waals surface area contributed by atoms with Crippen molar-refractivity contribution < 1.29 is 13.2 Å². The van der Waals surface area contributed by atoms with Gasteiger partial charge in [-0.05, 0) is 24.3 Å². The molecule has 1 aliphatic heterocycles. The minimum absolute atomic E-state index is 0.0990. The largest absolute Gasteiger partial charge is 0.358 e. The van der Waals surface area contributed by atoms with Crippen LogP contribution in [0.5, 0.6) is 0 Å². The van der Waals surface area contributed by atoms with E-state index >= 15 is 0 Å². The predicted octanol–water partition coefficient (Wildman–Crippen LogP) is 2.74. The maximum Gasteiger partial charge on any atom is 0.254 e. The lowest BCUT2D eigenvalue weighted by Crippen LogP contribution is -2.35. The molecule has 6 nitrogen and oxygen atoms in total. The average Bonchev–Trinajstić information content (AvgIpc) is 2.97. The van der Waals surface area contributed by atoms with Crippen molar-refractivity contribution in [1.29, 1.82) is 0 Å². The van der Waals surface area contributed by atoms with Gasteiger partial charge in [0.1, 0.15) is 0 Å². The Morgan fingerprint density at radius 1 is 1.15 bits per heavy atom. The third kappa shape index (κ3) is 3.17. The molecule has 1 amide bonds. The highest BCUT2D eigenvalue weighted by molar-refractivity contribution is 7.92. The molecular formula is C19H19N3O3S. The van der Waals surface area contributed by atoms with Crippen molar-refractivity contribution in [2.45, 2.75) is 13.0 Å². The molecule has 0 aliphatic carbocycles. The summed E-state index contributed by atoms with van der Waals surface area (Å²) in [5.41, 5.74) is 4.30. The number of hydrogen-bond acceptors (Lipinski definition) is 3. The summed E-state index contributed by atoms with van der Waals surface area (Å²) in [4.78, 5) is 18.2. The number of nitrogens with zero attached hydrogens (tertiary/aromatic N) is 1. The SMILES string of the molecule is CS(=O)(=O)Nc1cccc(C(=O)N2CCc3[nH]c4ccccc4c3C2)c1. The van der Waals surface area contributed by atoms with Crippen LogP contribution in [-0.4, -0.2) is 37.0 Å². The molecule has 2 aromatic carbocycles. The summed E-state index contributed by atoms with van der Waals surface area (Å²) in [6.45, 7) is 1.17. The van der Waals surface area contributed by atoms with Crippen LogP contribution in [0.4, 0.5) is 5.69 Å². The number of hydrogen-bond donors (Lipinski definition) is 2. The highest BCUT2D eigenvalue weighted by atomic mass is 32.2. The van der Waals surface area contributed by atoms with E-state index in [0.717, 1.165) is 29.1 Å². The van der Waals surface area contributed by atoms with Crippen molar-refractivity contribution in [2.75, 3.05) is 17.5 Å². The van der Waals surface area contributed by atoms with E-state index in [1.807, 2.05) is 23.1 Å². The maximum atomic E-state index is 12.9. The van der Waals surface area contributed by atoms with Gasteiger partial charge in [0.25, 0.3) is 5.91 Å². The van der Waals surface area contributed by atoms with E-state index in [1.165, 1.54) is 5.69 Å². The molecule has 1 aromatic heterocycles. The number of nitrogens with one attached hydrogen (secondary N) is 2. The van der Waals surface area contributed by atoms with E-state index < -0.39 is 10.0 Å². The first-order valence-electron chi connectivity index (χ1n) is 8.36. The second kappa shape index (κ2) is 6.17. The Labute approximate surface area is 151 Å². The fraction of sp³-hybridized carbons (Fsp3) is 0.211. The van der Waals surface area contributed by atoms with Gasteiger partial charge >= 0.3 is 0 Å². The van der Waals surface area contributed by atoms with Crippen molar-refractivity contribution >= 4 is 32.5 Å². The van der Waals surface area contributed by atoms with Crippen LogP contribution in [0, 0.1) is 0 Å². The number of aromatic nitrogens is 1. The minimum Gasteiger partial charge on any atom is -0.358 e. The maximum absolute atomic E-state index is 12.9. The van der Waals surface area contributed by atoms with E-state index in [-0.39, 0.29) is 5.91 Å². The van der Waals surface area contributed by atoms with E-state index in [4.69, 9.17) is 0 Å². The zero-order valence-corrected chi connectivity index (χ0v) is 15.1. The molecule has 0 bridgehead atoms. The van der Waals surface area contributed by atoms with E-state index in [1.54, 1.807) is 24.3 Å². The Bertz CT molecular complexity index is 1100. The Balaban J connectivity index is 1.61. The molecule has 0 saturated carbocycles. The van der Waals surface area contributed by atoms with E-state index in [2.05, 4.69) is 15.8 Å². The number of para-hydroxylation sites is 1. The Morgan fingerprint density at radius 2 is 1.96 bits per heavy atom. The Kier molecular flexibility index (Phi) is 3.96. The molecular weight excluding hydrogens is 350 g/mol. The van der Waals surface area contributed by atoms with E-state index in [9.17, 15) is 13.2 Å². The summed E-state index contributed by atoms with van der Waals surface area (Å²) in [5.74, 6) is -0.0990. The number of anilines is 1. The molecule has 26 heavy (non-hydrogen) atoms. The molecule has 1 aliphatic rings. The standard InChI is InChI=1S/C19H19N3O3S/c1-26(24,25)21-14-6-4-5-13(11-14)19(23)22-10-9-18-16(12-22)15-7-2-3-8-17(15)20-18/h2-8,11,20-21H,9-10,12H2,1H3. The first-order valence-corrected chi connectivity index (χ1v) is 10.3. The lowest BCUT2D eigenvalue weighted by atomic mass is 10.0. The fourth-order valence-corrected chi connectivity index (χ4v) is 4.01. The fourth-order valence-electron chi connectivity index (χ4n) is 3.45. The molecule has 2 N–H and O–H groups in total. The van der Waals surface area contributed by atoms with Crippen LogP contribution >= 0.6 is 0 Å². The van der Waals surface area contributed by atoms with Crippen molar-refractivity contribution in [3.8, 4) is 0 Å². The first kappa shape index (κ1) is 16.7. The van der Waals surface area contributed by atoms with Gasteiger partial charge in [0.05, 0.1) is 6.26 Å². The quantitative estimate of drug-likeness (QED) is 0.745. The molecule has 2 heterocycles. The van der Waals surface area contributed by atoms with Crippen LogP contribution in [0.1, 0.15) is 21.6 Å². The average molecular weight is 369 g/mol. The number of rotatable bonds is 3. The Morgan fingerprint density at radius 3 is 2.77 bits per heavy atom. The number of carbonyl (C=O) groups excluding carboxylic acids is 1. The number of H-pyrrole nitrogens is 1. The lowest BCUT2D eigenvalue weighted by Gasteiger charge is -2.27. The summed E-state index contributed by atoms with van der Waals surface area (Å²) in [5, 5.41) is 1.15. The zero-order chi connectivity index (χ0) is 18.3. The number of fused-ring (bicyclic) bond motifs is 3. The van der Waals surface area contributed by atoms with Crippen LogP contribution in [0.2, 0.25) is 0 Å². The normalized spacial score (nSPS) is 14.3. The number of sulfonamides is 1. The van der Waals surface area contributed by atoms with Crippen LogP contribution in [0.3, 0.4) is 0 Å². The molecule has 0 saturated heterocycles. The van der Waals surface area contributed by atoms with Gasteiger partial charge in [-0.25, -0.2) is 8.42 Å². The van der Waals surface area contributed by atoms with Gasteiger partial charge in [-0.3, -0.25) is 9.52 Å². The second-order valence-corrected chi connectivity index (χ2v) is 8.31. The minimum atomic E-state index is -3.38. The van der Waals surface area contributed by atoms with Gasteiger partial charge in [0, 0.05) is 52.9 Å². The zero-order valence-electron chi connectivity index (χ0n) is 14.3. The van der Waals surface area contributed by atoms with Gasteiger partial charge in [0.2, 0.25) is 10.0 Å². The molecule has 0 atom stereocenters. The van der Waals surface area contributed by atoms with Gasteiger partial charge in [-0.2, -0.15) is 0 Å². The van der Waals surface area contributed by atoms with Gasteiger partial charge in [0.15, 0.2) is 0 Å². The van der Waals surface area contributed by atoms with Crippen LogP contribution in [-0.2, 0) is 23.0 Å². The first-order chi connectivity index (χ1) is 12.4. The predicted molar refractivity (Wildman–Crippen MR) is 102 cm³/mol. The molecule has 134 valence electrons. The van der Waals surface area contributed by atoms with Crippen molar-refractivity contribution in [3.05, 3.63) is 65.4 Å². The molecule has 0 radical (unpaired) electrons. The van der Waals surface area contributed by atoms with E-state index in [0.29, 0.717) is 24.3 Å². The van der Waals surface area contributed by atoms with Gasteiger partial charge < -0.3 is 9.88 Å². The summed E-state index contributed by atoms with van der Waals surface area (Å²) in [7, 11) is -3.38. The summed E-state index contributed by atoms with van der Waals surface area (Å²) >= 11 is 0. The van der Waals surface area contributed by atoms with Crippen LogP contribution in [0.25, 0.3) is 10.9 Å². The molecule has 0 unspecified atom stereocenters. The van der Waals surface area contributed by atoms with Crippen LogP contribution < -0.4 is 4.72 Å². The monoisotopic (exact) mass is 369 g/mol. The number of benzene rings is 2. The molecule has 3 aromatic rings. The summed E-state index contributed by atoms with van der Waals surface area (Å²) in [6, 6.07) is 14.7. The second-order valence-electron chi connectivity index (χ2n) is 6.56. The smallest absolute Gasteiger partial charge is 0.254 e. The third-order valence-electron chi connectivity index (χ3n) is 4.58. The van der Waals surface area contributed by atoms with Crippen molar-refractivity contribution in [1.82, 2.24) is 9.88 Å². The topological polar surface area (TPSA) is 82.3 Å². The van der Waals surface area contributed by atoms with Crippen LogP contribution in [0.15, 0.2) is 48.5 Å². The van der Waals surface area contributed by atoms with Crippen molar-refractivity contribution in [2.24, 2.45) is 0 Å². The number of amides is 1. The highest BCUT2D eigenvalue weighted by Gasteiger charge is 2.24. The molecule has 7 heteroatoms. The molecule has 0 spiro atoms. The number of aromatic amines is 1. The van der Waals surface area contributed by atoms with Gasteiger partial charge in [-0.1, -0.05) is 24.3 Å².